The zero-order valence-electron chi connectivity index (χ0n) is 12.6. The van der Waals surface area contributed by atoms with Gasteiger partial charge in [-0.25, -0.2) is 9.97 Å². The van der Waals surface area contributed by atoms with Crippen LogP contribution in [0, 0.1) is 5.92 Å². The Hall–Kier alpha value is -1.69. The maximum atomic E-state index is 12.0. The topological polar surface area (TPSA) is 90.1 Å². The Balaban J connectivity index is 2.52. The molecule has 0 aliphatic heterocycles. The molecule has 1 heterocycles. The Labute approximate surface area is 120 Å². The molecular formula is C14H24N4O2. The van der Waals surface area contributed by atoms with Crippen LogP contribution in [-0.2, 0) is 4.74 Å². The molecule has 0 saturated carbocycles. The summed E-state index contributed by atoms with van der Waals surface area (Å²) < 4.78 is 5.39. The predicted molar refractivity (Wildman–Crippen MR) is 78.5 cm³/mol. The van der Waals surface area contributed by atoms with E-state index in [1.165, 1.54) is 6.20 Å². The molecule has 0 aliphatic carbocycles. The lowest BCUT2D eigenvalue weighted by Crippen LogP contribution is -2.29. The third-order valence-corrected chi connectivity index (χ3v) is 2.55. The molecule has 0 radical (unpaired) electrons. The second kappa shape index (κ2) is 7.79. The van der Waals surface area contributed by atoms with Crippen LogP contribution < -0.4 is 11.1 Å². The average molecular weight is 280 g/mol. The first-order valence-electron chi connectivity index (χ1n) is 6.90. The SMILES string of the molecule is CC(C)COCCNC(=O)c1nc(C(C)C)ncc1N. The first-order chi connectivity index (χ1) is 9.41. The molecule has 0 aromatic carbocycles. The van der Waals surface area contributed by atoms with Gasteiger partial charge in [-0.2, -0.15) is 0 Å². The monoisotopic (exact) mass is 280 g/mol. The Morgan fingerprint density at radius 3 is 2.70 bits per heavy atom. The molecule has 1 amide bonds. The van der Waals surface area contributed by atoms with Gasteiger partial charge in [-0.05, 0) is 5.92 Å². The molecule has 1 aromatic heterocycles. The quantitative estimate of drug-likeness (QED) is 0.740. The van der Waals surface area contributed by atoms with Gasteiger partial charge in [0.25, 0.3) is 5.91 Å². The molecule has 20 heavy (non-hydrogen) atoms. The lowest BCUT2D eigenvalue weighted by molar-refractivity contribution is 0.0882. The van der Waals surface area contributed by atoms with Crippen LogP contribution in [0.1, 0.15) is 49.9 Å². The number of nitrogens with one attached hydrogen (secondary N) is 1. The highest BCUT2D eigenvalue weighted by molar-refractivity contribution is 5.96. The van der Waals surface area contributed by atoms with Gasteiger partial charge < -0.3 is 15.8 Å². The maximum absolute atomic E-state index is 12.0. The number of rotatable bonds is 7. The molecule has 0 spiro atoms. The van der Waals surface area contributed by atoms with E-state index in [-0.39, 0.29) is 23.2 Å². The van der Waals surface area contributed by atoms with E-state index in [9.17, 15) is 4.79 Å². The molecule has 0 unspecified atom stereocenters. The van der Waals surface area contributed by atoms with E-state index in [1.807, 2.05) is 13.8 Å². The number of hydrogen-bond acceptors (Lipinski definition) is 5. The van der Waals surface area contributed by atoms with E-state index in [0.29, 0.717) is 31.5 Å². The summed E-state index contributed by atoms with van der Waals surface area (Å²) in [5, 5.41) is 2.75. The van der Waals surface area contributed by atoms with Gasteiger partial charge in [0, 0.05) is 19.1 Å². The Morgan fingerprint density at radius 2 is 2.10 bits per heavy atom. The zero-order chi connectivity index (χ0) is 15.1. The van der Waals surface area contributed by atoms with E-state index < -0.39 is 0 Å². The first-order valence-corrected chi connectivity index (χ1v) is 6.90. The lowest BCUT2D eigenvalue weighted by atomic mass is 10.2. The molecule has 0 aliphatic rings. The van der Waals surface area contributed by atoms with Gasteiger partial charge >= 0.3 is 0 Å². The average Bonchev–Trinajstić information content (AvgIpc) is 2.37. The summed E-state index contributed by atoms with van der Waals surface area (Å²) in [6.45, 7) is 9.68. The Bertz CT molecular complexity index is 447. The Kier molecular flexibility index (Phi) is 6.38. The second-order valence-electron chi connectivity index (χ2n) is 5.41. The molecule has 0 atom stereocenters. The molecule has 1 rings (SSSR count). The summed E-state index contributed by atoms with van der Waals surface area (Å²) in [7, 11) is 0. The van der Waals surface area contributed by atoms with Gasteiger partial charge in [0.15, 0.2) is 5.69 Å². The zero-order valence-corrected chi connectivity index (χ0v) is 12.6. The van der Waals surface area contributed by atoms with Crippen molar-refractivity contribution in [3.05, 3.63) is 17.7 Å². The van der Waals surface area contributed by atoms with Crippen LogP contribution >= 0.6 is 0 Å². The van der Waals surface area contributed by atoms with Crippen molar-refractivity contribution in [2.24, 2.45) is 5.92 Å². The highest BCUT2D eigenvalue weighted by atomic mass is 16.5. The molecule has 0 saturated heterocycles. The smallest absolute Gasteiger partial charge is 0.272 e. The molecule has 6 nitrogen and oxygen atoms in total. The Morgan fingerprint density at radius 1 is 1.40 bits per heavy atom. The van der Waals surface area contributed by atoms with Crippen molar-refractivity contribution in [1.29, 1.82) is 0 Å². The molecule has 112 valence electrons. The van der Waals surface area contributed by atoms with Crippen molar-refractivity contribution in [2.45, 2.75) is 33.6 Å². The predicted octanol–water partition coefficient (Wildman–Crippen LogP) is 1.58. The molecule has 6 heteroatoms. The first kappa shape index (κ1) is 16.4. The van der Waals surface area contributed by atoms with Crippen LogP contribution in [0.4, 0.5) is 5.69 Å². The van der Waals surface area contributed by atoms with Crippen molar-refractivity contribution in [1.82, 2.24) is 15.3 Å². The minimum Gasteiger partial charge on any atom is -0.396 e. The third kappa shape index (κ3) is 5.13. The summed E-state index contributed by atoms with van der Waals surface area (Å²) in [4.78, 5) is 20.3. The normalized spacial score (nSPS) is 11.1. The fourth-order valence-corrected chi connectivity index (χ4v) is 1.50. The number of ether oxygens (including phenoxy) is 1. The number of nitrogens with two attached hydrogens (primary N) is 1. The molecule has 0 fully saturated rings. The molecular weight excluding hydrogens is 256 g/mol. The highest BCUT2D eigenvalue weighted by Crippen LogP contribution is 2.13. The molecule has 1 aromatic rings. The van der Waals surface area contributed by atoms with Gasteiger partial charge in [-0.15, -0.1) is 0 Å². The van der Waals surface area contributed by atoms with Crippen LogP contribution in [-0.4, -0.2) is 35.6 Å². The van der Waals surface area contributed by atoms with E-state index in [2.05, 4.69) is 29.1 Å². The van der Waals surface area contributed by atoms with Gasteiger partial charge in [-0.3, -0.25) is 4.79 Å². The number of aromatic nitrogens is 2. The van der Waals surface area contributed by atoms with E-state index in [0.717, 1.165) is 0 Å². The number of carbonyl (C=O) groups is 1. The number of hydrogen-bond donors (Lipinski definition) is 2. The van der Waals surface area contributed by atoms with Crippen LogP contribution in [0.3, 0.4) is 0 Å². The summed E-state index contributed by atoms with van der Waals surface area (Å²) in [5.41, 5.74) is 6.26. The lowest BCUT2D eigenvalue weighted by Gasteiger charge is -2.10. The summed E-state index contributed by atoms with van der Waals surface area (Å²) >= 11 is 0. The number of nitrogen functional groups attached to an aromatic ring is 1. The molecule has 0 bridgehead atoms. The number of nitrogens with zero attached hydrogens (tertiary/aromatic N) is 2. The van der Waals surface area contributed by atoms with E-state index in [1.54, 1.807) is 0 Å². The van der Waals surface area contributed by atoms with Crippen molar-refractivity contribution in [3.63, 3.8) is 0 Å². The van der Waals surface area contributed by atoms with Crippen LogP contribution in [0.15, 0.2) is 6.20 Å². The van der Waals surface area contributed by atoms with Gasteiger partial charge in [0.1, 0.15) is 5.82 Å². The van der Waals surface area contributed by atoms with Crippen LogP contribution in [0.5, 0.6) is 0 Å². The minimum atomic E-state index is -0.292. The van der Waals surface area contributed by atoms with Crippen molar-refractivity contribution in [2.75, 3.05) is 25.5 Å². The van der Waals surface area contributed by atoms with E-state index >= 15 is 0 Å². The summed E-state index contributed by atoms with van der Waals surface area (Å²) in [5.74, 6) is 0.952. The number of carbonyl (C=O) groups excluding carboxylic acids is 1. The second-order valence-corrected chi connectivity index (χ2v) is 5.41. The number of anilines is 1. The van der Waals surface area contributed by atoms with Gasteiger partial charge in [0.05, 0.1) is 18.5 Å². The highest BCUT2D eigenvalue weighted by Gasteiger charge is 2.14. The fraction of sp³-hybridized carbons (Fsp3) is 0.643. The van der Waals surface area contributed by atoms with Gasteiger partial charge in [0.2, 0.25) is 0 Å². The largest absolute Gasteiger partial charge is 0.396 e. The standard InChI is InChI=1S/C14H24N4O2/c1-9(2)8-20-6-5-16-14(19)12-11(15)7-17-13(18-12)10(3)4/h7,9-10H,5-6,8,15H2,1-4H3,(H,16,19). The van der Waals surface area contributed by atoms with Gasteiger partial charge in [-0.1, -0.05) is 27.7 Å². The molecule has 3 N–H and O–H groups in total. The van der Waals surface area contributed by atoms with Crippen molar-refractivity contribution >= 4 is 11.6 Å². The third-order valence-electron chi connectivity index (χ3n) is 2.55. The van der Waals surface area contributed by atoms with Crippen molar-refractivity contribution in [3.8, 4) is 0 Å². The van der Waals surface area contributed by atoms with Crippen LogP contribution in [0.2, 0.25) is 0 Å². The maximum Gasteiger partial charge on any atom is 0.272 e. The van der Waals surface area contributed by atoms with Crippen LogP contribution in [0.25, 0.3) is 0 Å². The van der Waals surface area contributed by atoms with Crippen molar-refractivity contribution < 1.29 is 9.53 Å². The summed E-state index contributed by atoms with van der Waals surface area (Å²) in [6, 6.07) is 0. The number of amides is 1. The fourth-order valence-electron chi connectivity index (χ4n) is 1.50. The minimum absolute atomic E-state index is 0.150. The van der Waals surface area contributed by atoms with E-state index in [4.69, 9.17) is 10.5 Å². The summed E-state index contributed by atoms with van der Waals surface area (Å²) in [6.07, 6.45) is 1.48.